The molecule has 1 unspecified atom stereocenters. The van der Waals surface area contributed by atoms with Crippen LogP contribution in [-0.2, 0) is 0 Å². The Balaban J connectivity index is 1.72. The number of benzene rings is 2. The fourth-order valence-corrected chi connectivity index (χ4v) is 3.60. The number of nitrogens with one attached hydrogen (secondary N) is 1. The second-order valence-electron chi connectivity index (χ2n) is 7.21. The van der Waals surface area contributed by atoms with Crippen molar-refractivity contribution in [2.45, 2.75) is 39.2 Å². The van der Waals surface area contributed by atoms with Crippen molar-refractivity contribution in [2.75, 3.05) is 6.61 Å². The predicted octanol–water partition coefficient (Wildman–Crippen LogP) is 4.50. The first kappa shape index (κ1) is 18.3. The highest BCUT2D eigenvalue weighted by molar-refractivity contribution is 5.99. The summed E-state index contributed by atoms with van der Waals surface area (Å²) in [4.78, 5) is 25.6. The van der Waals surface area contributed by atoms with Crippen LogP contribution in [0.25, 0.3) is 11.0 Å². The molecule has 4 rings (SSSR count). The Morgan fingerprint density at radius 3 is 2.79 bits per heavy atom. The molecule has 0 radical (unpaired) electrons. The van der Waals surface area contributed by atoms with Gasteiger partial charge >= 0.3 is 0 Å². The normalized spacial score (nSPS) is 15.5. The molecule has 3 aromatic rings. The van der Waals surface area contributed by atoms with Crippen molar-refractivity contribution in [1.82, 2.24) is 5.32 Å². The van der Waals surface area contributed by atoms with Crippen LogP contribution >= 0.6 is 0 Å². The Bertz CT molecular complexity index is 1100. The number of rotatable bonds is 6. The molecular weight excluding hydrogens is 354 g/mol. The van der Waals surface area contributed by atoms with E-state index in [1.807, 2.05) is 37.3 Å². The molecule has 0 aliphatic carbocycles. The largest absolute Gasteiger partial charge is 0.494 e. The number of carbonyl (C=O) groups excluding carboxylic acids is 1. The molecule has 2 aromatic carbocycles. The van der Waals surface area contributed by atoms with E-state index in [0.717, 1.165) is 36.1 Å². The van der Waals surface area contributed by atoms with E-state index in [1.165, 1.54) is 0 Å². The number of fused-ring (bicyclic) bond motifs is 2. The van der Waals surface area contributed by atoms with Crippen LogP contribution in [0.2, 0.25) is 0 Å². The lowest BCUT2D eigenvalue weighted by Crippen LogP contribution is -2.22. The second kappa shape index (κ2) is 7.50. The zero-order chi connectivity index (χ0) is 19.7. The van der Waals surface area contributed by atoms with Crippen molar-refractivity contribution in [3.8, 4) is 5.75 Å². The molecule has 1 N–H and O–H groups in total. The Kier molecular flexibility index (Phi) is 4.90. The third-order valence-corrected chi connectivity index (χ3v) is 5.06. The first-order valence-corrected chi connectivity index (χ1v) is 9.69. The zero-order valence-corrected chi connectivity index (χ0v) is 16.1. The fourth-order valence-electron chi connectivity index (χ4n) is 3.60. The van der Waals surface area contributed by atoms with E-state index in [9.17, 15) is 9.59 Å². The van der Waals surface area contributed by atoms with Gasteiger partial charge in [-0.15, -0.1) is 0 Å². The van der Waals surface area contributed by atoms with E-state index >= 15 is 0 Å². The minimum atomic E-state index is -0.539. The second-order valence-corrected chi connectivity index (χ2v) is 7.21. The molecule has 1 aliphatic heterocycles. The van der Waals surface area contributed by atoms with Gasteiger partial charge in [0.25, 0.3) is 5.91 Å². The minimum Gasteiger partial charge on any atom is -0.494 e. The Morgan fingerprint density at radius 2 is 1.96 bits per heavy atom. The van der Waals surface area contributed by atoms with Gasteiger partial charge < -0.3 is 14.5 Å². The van der Waals surface area contributed by atoms with Gasteiger partial charge in [-0.3, -0.25) is 9.59 Å². The molecular formula is C23H23NO4. The van der Waals surface area contributed by atoms with Crippen molar-refractivity contribution >= 4 is 16.9 Å². The van der Waals surface area contributed by atoms with Crippen molar-refractivity contribution in [1.29, 1.82) is 0 Å². The summed E-state index contributed by atoms with van der Waals surface area (Å²) in [5, 5.41) is 3.37. The van der Waals surface area contributed by atoms with Gasteiger partial charge in [-0.1, -0.05) is 43.5 Å². The lowest BCUT2D eigenvalue weighted by Gasteiger charge is -2.13. The van der Waals surface area contributed by atoms with Gasteiger partial charge in [0.2, 0.25) is 5.76 Å². The van der Waals surface area contributed by atoms with E-state index in [2.05, 4.69) is 12.2 Å². The Labute approximate surface area is 163 Å². The number of ether oxygens (including phenoxy) is 1. The molecule has 5 heteroatoms. The van der Waals surface area contributed by atoms with Crippen LogP contribution < -0.4 is 15.5 Å². The van der Waals surface area contributed by atoms with Crippen LogP contribution in [0.4, 0.5) is 0 Å². The highest BCUT2D eigenvalue weighted by Gasteiger charge is 2.36. The quantitative estimate of drug-likeness (QED) is 0.642. The lowest BCUT2D eigenvalue weighted by atomic mass is 9.99. The summed E-state index contributed by atoms with van der Waals surface area (Å²) in [5.41, 5.74) is 2.40. The lowest BCUT2D eigenvalue weighted by molar-refractivity contribution is 0.0938. The van der Waals surface area contributed by atoms with E-state index in [-0.39, 0.29) is 17.1 Å². The summed E-state index contributed by atoms with van der Waals surface area (Å²) in [7, 11) is 0. The van der Waals surface area contributed by atoms with Crippen LogP contribution in [0.15, 0.2) is 51.7 Å². The van der Waals surface area contributed by atoms with Gasteiger partial charge in [-0.05, 0) is 43.2 Å². The van der Waals surface area contributed by atoms with Gasteiger partial charge in [-0.25, -0.2) is 0 Å². The smallest absolute Gasteiger partial charge is 0.288 e. The van der Waals surface area contributed by atoms with Crippen molar-refractivity contribution in [3.05, 3.63) is 75.1 Å². The first-order chi connectivity index (χ1) is 13.6. The van der Waals surface area contributed by atoms with Crippen LogP contribution in [0.5, 0.6) is 5.75 Å². The summed E-state index contributed by atoms with van der Waals surface area (Å²) < 4.78 is 11.6. The number of carbonyl (C=O) groups is 1. The van der Waals surface area contributed by atoms with Gasteiger partial charge in [-0.2, -0.15) is 0 Å². The maximum absolute atomic E-state index is 13.1. The number of unbranched alkanes of at least 4 members (excludes halogenated alkanes) is 2. The van der Waals surface area contributed by atoms with Gasteiger partial charge in [0.05, 0.1) is 23.6 Å². The number of aryl methyl sites for hydroxylation is 1. The van der Waals surface area contributed by atoms with E-state index in [4.69, 9.17) is 9.15 Å². The predicted molar refractivity (Wildman–Crippen MR) is 108 cm³/mol. The molecule has 0 fully saturated rings. The topological polar surface area (TPSA) is 68.5 Å². The van der Waals surface area contributed by atoms with Gasteiger partial charge in [0.15, 0.2) is 5.43 Å². The van der Waals surface area contributed by atoms with Crippen LogP contribution in [0, 0.1) is 6.92 Å². The SMILES string of the molecule is CCCCCOc1cccc(C2NC(=O)c3oc4ccc(C)cc4c(=O)c32)c1. The third-order valence-electron chi connectivity index (χ3n) is 5.06. The molecule has 1 amide bonds. The molecule has 0 saturated carbocycles. The highest BCUT2D eigenvalue weighted by atomic mass is 16.5. The maximum atomic E-state index is 13.1. The summed E-state index contributed by atoms with van der Waals surface area (Å²) in [6, 6.07) is 12.4. The van der Waals surface area contributed by atoms with Gasteiger partial charge in [0.1, 0.15) is 11.3 Å². The summed E-state index contributed by atoms with van der Waals surface area (Å²) in [6.07, 6.45) is 3.26. The zero-order valence-electron chi connectivity index (χ0n) is 16.1. The molecule has 0 spiro atoms. The molecule has 0 saturated heterocycles. The average Bonchev–Trinajstić information content (AvgIpc) is 3.03. The maximum Gasteiger partial charge on any atom is 0.288 e. The monoisotopic (exact) mass is 377 g/mol. The molecule has 1 aromatic heterocycles. The minimum absolute atomic E-state index is 0.0978. The van der Waals surface area contributed by atoms with Crippen molar-refractivity contribution in [2.24, 2.45) is 0 Å². The van der Waals surface area contributed by atoms with Crippen LogP contribution in [0.3, 0.4) is 0 Å². The molecule has 5 nitrogen and oxygen atoms in total. The molecule has 1 atom stereocenters. The standard InChI is InChI=1S/C23H23NO4/c1-3-4-5-11-27-16-8-6-7-15(13-16)20-19-21(25)17-12-14(2)9-10-18(17)28-22(19)23(26)24-20/h6-10,12-13,20H,3-5,11H2,1-2H3,(H,24,26). The number of amides is 1. The molecule has 1 aliphatic rings. The molecule has 144 valence electrons. The van der Waals surface area contributed by atoms with Crippen molar-refractivity contribution in [3.63, 3.8) is 0 Å². The first-order valence-electron chi connectivity index (χ1n) is 9.69. The molecule has 28 heavy (non-hydrogen) atoms. The third kappa shape index (κ3) is 3.28. The van der Waals surface area contributed by atoms with E-state index in [0.29, 0.717) is 23.1 Å². The number of hydrogen-bond acceptors (Lipinski definition) is 4. The van der Waals surface area contributed by atoms with E-state index < -0.39 is 6.04 Å². The highest BCUT2D eigenvalue weighted by Crippen LogP contribution is 2.32. The van der Waals surface area contributed by atoms with E-state index in [1.54, 1.807) is 12.1 Å². The van der Waals surface area contributed by atoms with Crippen LogP contribution in [0.1, 0.15) is 59.5 Å². The number of hydrogen-bond donors (Lipinski definition) is 1. The average molecular weight is 377 g/mol. The fraction of sp³-hybridized carbons (Fsp3) is 0.304. The summed E-state index contributed by atoms with van der Waals surface area (Å²) in [5.74, 6) is 0.465. The summed E-state index contributed by atoms with van der Waals surface area (Å²) >= 11 is 0. The molecule has 2 heterocycles. The Hall–Kier alpha value is -3.08. The molecule has 0 bridgehead atoms. The van der Waals surface area contributed by atoms with Crippen LogP contribution in [-0.4, -0.2) is 12.5 Å². The Morgan fingerprint density at radius 1 is 1.11 bits per heavy atom. The summed E-state index contributed by atoms with van der Waals surface area (Å²) in [6.45, 7) is 4.72. The van der Waals surface area contributed by atoms with Gasteiger partial charge in [0, 0.05) is 0 Å². The van der Waals surface area contributed by atoms with Crippen molar-refractivity contribution < 1.29 is 13.9 Å².